The Bertz CT molecular complexity index is 522. The van der Waals surface area contributed by atoms with Crippen LogP contribution in [-0.2, 0) is 10.2 Å². The second kappa shape index (κ2) is 4.49. The molecule has 3 fully saturated rings. The Morgan fingerprint density at radius 3 is 2.50 bits per heavy atom. The summed E-state index contributed by atoms with van der Waals surface area (Å²) in [5.74, 6) is 2.10. The third kappa shape index (κ3) is 2.05. The molecular weight excluding hydrogens is 248 g/mol. The Morgan fingerprint density at radius 2 is 1.90 bits per heavy atom. The molecule has 1 unspecified atom stereocenters. The fourth-order valence-corrected chi connectivity index (χ4v) is 4.24. The maximum Gasteiger partial charge on any atom is 0.123 e. The highest BCUT2D eigenvalue weighted by molar-refractivity contribution is 5.47. The molecule has 0 N–H and O–H groups in total. The molecule has 2 saturated carbocycles. The highest BCUT2D eigenvalue weighted by atomic mass is 16.6. The van der Waals surface area contributed by atoms with Crippen molar-refractivity contribution in [2.75, 3.05) is 13.2 Å². The minimum atomic E-state index is 0.335. The van der Waals surface area contributed by atoms with Gasteiger partial charge >= 0.3 is 0 Å². The van der Waals surface area contributed by atoms with Crippen LogP contribution in [0.5, 0.6) is 5.75 Å². The number of fused-ring (bicyclic) bond motifs is 2. The summed E-state index contributed by atoms with van der Waals surface area (Å²) in [5, 5.41) is 0. The van der Waals surface area contributed by atoms with Gasteiger partial charge < -0.3 is 9.47 Å². The predicted molar refractivity (Wildman–Crippen MR) is 79.4 cm³/mol. The van der Waals surface area contributed by atoms with E-state index in [2.05, 4.69) is 26.0 Å². The van der Waals surface area contributed by atoms with Crippen LogP contribution in [0.25, 0.3) is 0 Å². The molecule has 108 valence electrons. The Labute approximate surface area is 121 Å². The molecule has 2 bridgehead atoms. The van der Waals surface area contributed by atoms with Gasteiger partial charge in [0, 0.05) is 5.56 Å². The van der Waals surface area contributed by atoms with Crippen molar-refractivity contribution in [2.45, 2.75) is 57.5 Å². The quantitative estimate of drug-likeness (QED) is 0.775. The minimum Gasteiger partial charge on any atom is -0.490 e. The van der Waals surface area contributed by atoms with Crippen LogP contribution in [0, 0.1) is 19.8 Å². The smallest absolute Gasteiger partial charge is 0.123 e. The molecule has 3 aliphatic rings. The minimum absolute atomic E-state index is 0.335. The molecule has 1 atom stereocenters. The summed E-state index contributed by atoms with van der Waals surface area (Å²) in [6.07, 6.45) is 7.26. The van der Waals surface area contributed by atoms with E-state index in [-0.39, 0.29) is 0 Å². The Kier molecular flexibility index (Phi) is 2.85. The first kappa shape index (κ1) is 12.7. The summed E-state index contributed by atoms with van der Waals surface area (Å²) in [6, 6.07) is 4.67. The Morgan fingerprint density at radius 1 is 1.20 bits per heavy atom. The second-order valence-electron chi connectivity index (χ2n) is 7.13. The van der Waals surface area contributed by atoms with Gasteiger partial charge in [-0.05, 0) is 74.5 Å². The molecule has 2 nitrogen and oxygen atoms in total. The molecule has 4 rings (SSSR count). The number of benzene rings is 1. The second-order valence-corrected chi connectivity index (χ2v) is 7.13. The molecule has 1 heterocycles. The lowest BCUT2D eigenvalue weighted by atomic mass is 9.76. The number of rotatable bonds is 4. The van der Waals surface area contributed by atoms with Crippen molar-refractivity contribution in [3.63, 3.8) is 0 Å². The Balaban J connectivity index is 1.70. The molecular formula is C18H24O2. The van der Waals surface area contributed by atoms with Crippen LogP contribution < -0.4 is 4.74 Å². The molecule has 2 aliphatic carbocycles. The first-order valence-electron chi connectivity index (χ1n) is 8.02. The van der Waals surface area contributed by atoms with Gasteiger partial charge in [-0.25, -0.2) is 0 Å². The SMILES string of the molecule is Cc1cc(OCC2CO2)c(C23CCC(CC2)C3)cc1C. The van der Waals surface area contributed by atoms with E-state index in [9.17, 15) is 0 Å². The summed E-state index contributed by atoms with van der Waals surface area (Å²) in [7, 11) is 0. The summed E-state index contributed by atoms with van der Waals surface area (Å²) < 4.78 is 11.4. The van der Waals surface area contributed by atoms with Crippen LogP contribution in [0.4, 0.5) is 0 Å². The molecule has 1 aromatic rings. The van der Waals surface area contributed by atoms with Crippen LogP contribution >= 0.6 is 0 Å². The van der Waals surface area contributed by atoms with Crippen molar-refractivity contribution >= 4 is 0 Å². The number of aryl methyl sites for hydroxylation is 2. The van der Waals surface area contributed by atoms with Gasteiger partial charge in [0.25, 0.3) is 0 Å². The van der Waals surface area contributed by atoms with Gasteiger partial charge in [-0.15, -0.1) is 0 Å². The van der Waals surface area contributed by atoms with E-state index < -0.39 is 0 Å². The molecule has 0 spiro atoms. The summed E-state index contributed by atoms with van der Waals surface area (Å²) in [6.45, 7) is 6.00. The summed E-state index contributed by atoms with van der Waals surface area (Å²) in [4.78, 5) is 0. The molecule has 0 amide bonds. The molecule has 1 aliphatic heterocycles. The highest BCUT2D eigenvalue weighted by Gasteiger charge is 2.47. The lowest BCUT2D eigenvalue weighted by Crippen LogP contribution is -2.22. The Hall–Kier alpha value is -1.02. The van der Waals surface area contributed by atoms with E-state index in [1.54, 1.807) is 0 Å². The third-order valence-corrected chi connectivity index (χ3v) is 5.74. The molecule has 1 saturated heterocycles. The van der Waals surface area contributed by atoms with E-state index in [4.69, 9.17) is 9.47 Å². The fourth-order valence-electron chi connectivity index (χ4n) is 4.24. The normalized spacial score (nSPS) is 34.5. The van der Waals surface area contributed by atoms with Gasteiger partial charge in [0.2, 0.25) is 0 Å². The first-order valence-corrected chi connectivity index (χ1v) is 8.02. The van der Waals surface area contributed by atoms with Crippen LogP contribution in [0.3, 0.4) is 0 Å². The first-order chi connectivity index (χ1) is 9.66. The van der Waals surface area contributed by atoms with E-state index >= 15 is 0 Å². The monoisotopic (exact) mass is 272 g/mol. The molecule has 20 heavy (non-hydrogen) atoms. The number of hydrogen-bond acceptors (Lipinski definition) is 2. The van der Waals surface area contributed by atoms with Crippen LogP contribution in [0.15, 0.2) is 12.1 Å². The van der Waals surface area contributed by atoms with Gasteiger partial charge in [0.15, 0.2) is 0 Å². The zero-order valence-electron chi connectivity index (χ0n) is 12.6. The maximum atomic E-state index is 6.13. The fraction of sp³-hybridized carbons (Fsp3) is 0.667. The van der Waals surface area contributed by atoms with Crippen molar-refractivity contribution in [1.82, 2.24) is 0 Å². The van der Waals surface area contributed by atoms with Crippen molar-refractivity contribution in [1.29, 1.82) is 0 Å². The standard InChI is InChI=1S/C18H24O2/c1-12-7-16(18-5-3-14(9-18)4-6-18)17(8-13(12)2)20-11-15-10-19-15/h7-8,14-15H,3-6,9-11H2,1-2H3. The number of epoxide rings is 1. The van der Waals surface area contributed by atoms with Gasteiger partial charge in [-0.1, -0.05) is 6.07 Å². The lowest BCUT2D eigenvalue weighted by Gasteiger charge is -2.30. The highest BCUT2D eigenvalue weighted by Crippen LogP contribution is 2.57. The largest absolute Gasteiger partial charge is 0.490 e. The number of ether oxygens (including phenoxy) is 2. The van der Waals surface area contributed by atoms with E-state index in [1.165, 1.54) is 48.8 Å². The van der Waals surface area contributed by atoms with Crippen LogP contribution in [-0.4, -0.2) is 19.3 Å². The predicted octanol–water partition coefficient (Wildman–Crippen LogP) is 3.91. The molecule has 2 heteroatoms. The van der Waals surface area contributed by atoms with Crippen molar-refractivity contribution < 1.29 is 9.47 Å². The average molecular weight is 272 g/mol. The molecule has 1 aromatic carbocycles. The van der Waals surface area contributed by atoms with Gasteiger partial charge in [0.1, 0.15) is 18.5 Å². The van der Waals surface area contributed by atoms with Gasteiger partial charge in [-0.3, -0.25) is 0 Å². The zero-order valence-corrected chi connectivity index (χ0v) is 12.6. The summed E-state index contributed by atoms with van der Waals surface area (Å²) in [5.41, 5.74) is 4.65. The topological polar surface area (TPSA) is 21.8 Å². The maximum absolute atomic E-state index is 6.13. The van der Waals surface area contributed by atoms with E-state index in [1.807, 2.05) is 0 Å². The molecule has 0 radical (unpaired) electrons. The lowest BCUT2D eigenvalue weighted by molar-refractivity contribution is 0.255. The van der Waals surface area contributed by atoms with E-state index in [0.717, 1.165) is 24.9 Å². The van der Waals surface area contributed by atoms with E-state index in [0.29, 0.717) is 11.5 Å². The van der Waals surface area contributed by atoms with Gasteiger partial charge in [0.05, 0.1) is 6.61 Å². The summed E-state index contributed by atoms with van der Waals surface area (Å²) >= 11 is 0. The zero-order chi connectivity index (χ0) is 13.7. The van der Waals surface area contributed by atoms with Crippen molar-refractivity contribution in [3.8, 4) is 5.75 Å². The van der Waals surface area contributed by atoms with Crippen LogP contribution in [0.1, 0.15) is 48.8 Å². The third-order valence-electron chi connectivity index (χ3n) is 5.74. The van der Waals surface area contributed by atoms with Gasteiger partial charge in [-0.2, -0.15) is 0 Å². The molecule has 0 aromatic heterocycles. The van der Waals surface area contributed by atoms with Crippen LogP contribution in [0.2, 0.25) is 0 Å². The average Bonchev–Trinajstić information content (AvgIpc) is 3.06. The van der Waals surface area contributed by atoms with Crippen molar-refractivity contribution in [3.05, 3.63) is 28.8 Å². The number of hydrogen-bond donors (Lipinski definition) is 0. The van der Waals surface area contributed by atoms with Crippen molar-refractivity contribution in [2.24, 2.45) is 5.92 Å².